The van der Waals surface area contributed by atoms with E-state index in [9.17, 15) is 0 Å². The molecule has 1 aromatic rings. The molecule has 0 radical (unpaired) electrons. The smallest absolute Gasteiger partial charge is 0.124 e. The minimum Gasteiger partial charge on any atom is -0.490 e. The molecule has 96 valence electrons. The van der Waals surface area contributed by atoms with Crippen molar-refractivity contribution in [3.63, 3.8) is 0 Å². The lowest BCUT2D eigenvalue weighted by atomic mass is 10.0. The van der Waals surface area contributed by atoms with Crippen LogP contribution in [0, 0.1) is 6.92 Å². The summed E-state index contributed by atoms with van der Waals surface area (Å²) in [6.45, 7) is 8.60. The maximum Gasteiger partial charge on any atom is 0.124 e. The first-order valence-electron chi connectivity index (χ1n) is 6.53. The summed E-state index contributed by atoms with van der Waals surface area (Å²) in [7, 11) is 1.98. The first-order chi connectivity index (χ1) is 8.08. The second kappa shape index (κ2) is 6.65. The molecular formula is C15H25NO. The van der Waals surface area contributed by atoms with Crippen LogP contribution in [0.3, 0.4) is 0 Å². The van der Waals surface area contributed by atoms with E-state index in [1.165, 1.54) is 11.1 Å². The first-order valence-corrected chi connectivity index (χ1v) is 6.53. The van der Waals surface area contributed by atoms with Crippen LogP contribution in [0.2, 0.25) is 0 Å². The highest BCUT2D eigenvalue weighted by Gasteiger charge is 2.12. The van der Waals surface area contributed by atoms with E-state index in [0.717, 1.165) is 18.6 Å². The minimum absolute atomic E-state index is 0.283. The number of hydrogen-bond acceptors (Lipinski definition) is 2. The topological polar surface area (TPSA) is 21.3 Å². The third-order valence-corrected chi connectivity index (χ3v) is 3.09. The van der Waals surface area contributed by atoms with E-state index >= 15 is 0 Å². The summed E-state index contributed by atoms with van der Waals surface area (Å²) in [5.74, 6) is 1.01. The van der Waals surface area contributed by atoms with Gasteiger partial charge < -0.3 is 10.1 Å². The van der Waals surface area contributed by atoms with Gasteiger partial charge in [-0.2, -0.15) is 0 Å². The Morgan fingerprint density at radius 3 is 2.59 bits per heavy atom. The fraction of sp³-hybridized carbons (Fsp3) is 0.600. The van der Waals surface area contributed by atoms with Crippen LogP contribution in [0.5, 0.6) is 5.75 Å². The van der Waals surface area contributed by atoms with Crippen molar-refractivity contribution in [2.75, 3.05) is 7.05 Å². The molecule has 2 atom stereocenters. The molecule has 2 heteroatoms. The summed E-state index contributed by atoms with van der Waals surface area (Å²) >= 11 is 0. The molecule has 0 saturated heterocycles. The van der Waals surface area contributed by atoms with Gasteiger partial charge in [0.05, 0.1) is 6.10 Å². The molecule has 0 fully saturated rings. The zero-order valence-electron chi connectivity index (χ0n) is 11.7. The average Bonchev–Trinajstić information content (AvgIpc) is 2.30. The van der Waals surface area contributed by atoms with E-state index in [1.54, 1.807) is 0 Å². The third-order valence-electron chi connectivity index (χ3n) is 3.09. The summed E-state index contributed by atoms with van der Waals surface area (Å²) < 4.78 is 6.02. The number of hydrogen-bond donors (Lipinski definition) is 1. The van der Waals surface area contributed by atoms with Crippen molar-refractivity contribution in [2.45, 2.75) is 52.7 Å². The highest BCUT2D eigenvalue weighted by molar-refractivity contribution is 5.39. The maximum atomic E-state index is 6.02. The van der Waals surface area contributed by atoms with Gasteiger partial charge in [-0.25, -0.2) is 0 Å². The molecule has 0 aliphatic rings. The molecule has 0 aromatic heterocycles. The first kappa shape index (κ1) is 14.0. The van der Waals surface area contributed by atoms with Crippen LogP contribution in [0.4, 0.5) is 0 Å². The SMILES string of the molecule is CCCC(C)Oc1ccc(C)cc1C(C)NC. The van der Waals surface area contributed by atoms with Crippen molar-refractivity contribution in [1.82, 2.24) is 5.32 Å². The standard InChI is InChI=1S/C15H25NO/c1-6-7-12(3)17-15-9-8-11(2)10-14(15)13(4)16-5/h8-10,12-13,16H,6-7H2,1-5H3. The molecule has 1 aromatic carbocycles. The largest absolute Gasteiger partial charge is 0.490 e. The van der Waals surface area contributed by atoms with E-state index in [4.69, 9.17) is 4.74 Å². The third kappa shape index (κ3) is 4.04. The second-order valence-electron chi connectivity index (χ2n) is 4.77. The number of rotatable bonds is 6. The summed E-state index contributed by atoms with van der Waals surface area (Å²) in [5, 5.41) is 3.27. The van der Waals surface area contributed by atoms with Gasteiger partial charge in [-0.15, -0.1) is 0 Å². The minimum atomic E-state index is 0.283. The highest BCUT2D eigenvalue weighted by Crippen LogP contribution is 2.27. The molecule has 0 amide bonds. The molecule has 0 heterocycles. The lowest BCUT2D eigenvalue weighted by Gasteiger charge is -2.20. The normalized spacial score (nSPS) is 14.4. The van der Waals surface area contributed by atoms with Crippen LogP contribution < -0.4 is 10.1 Å². The average molecular weight is 235 g/mol. The molecule has 0 aliphatic carbocycles. The number of aryl methyl sites for hydroxylation is 1. The van der Waals surface area contributed by atoms with Crippen LogP contribution in [-0.2, 0) is 0 Å². The molecule has 0 aliphatic heterocycles. The molecule has 1 N–H and O–H groups in total. The Hall–Kier alpha value is -1.02. The Balaban J connectivity index is 2.90. The highest BCUT2D eigenvalue weighted by atomic mass is 16.5. The van der Waals surface area contributed by atoms with Crippen molar-refractivity contribution in [2.24, 2.45) is 0 Å². The summed E-state index contributed by atoms with van der Waals surface area (Å²) in [5.41, 5.74) is 2.52. The van der Waals surface area contributed by atoms with Gasteiger partial charge in [0, 0.05) is 11.6 Å². The predicted octanol–water partition coefficient (Wildman–Crippen LogP) is 3.84. The van der Waals surface area contributed by atoms with Crippen LogP contribution >= 0.6 is 0 Å². The Labute approximate surface area is 105 Å². The monoisotopic (exact) mass is 235 g/mol. The van der Waals surface area contributed by atoms with Crippen LogP contribution in [0.25, 0.3) is 0 Å². The van der Waals surface area contributed by atoms with Gasteiger partial charge >= 0.3 is 0 Å². The molecule has 0 spiro atoms. The van der Waals surface area contributed by atoms with Crippen molar-refractivity contribution in [3.05, 3.63) is 29.3 Å². The Kier molecular flexibility index (Phi) is 5.49. The van der Waals surface area contributed by atoms with Crippen LogP contribution in [0.1, 0.15) is 50.8 Å². The van der Waals surface area contributed by atoms with Gasteiger partial charge in [0.25, 0.3) is 0 Å². The van der Waals surface area contributed by atoms with Gasteiger partial charge in [-0.1, -0.05) is 31.0 Å². The molecule has 2 nitrogen and oxygen atoms in total. The zero-order chi connectivity index (χ0) is 12.8. The maximum absolute atomic E-state index is 6.02. The van der Waals surface area contributed by atoms with Crippen molar-refractivity contribution < 1.29 is 4.74 Å². The zero-order valence-corrected chi connectivity index (χ0v) is 11.7. The van der Waals surface area contributed by atoms with Gasteiger partial charge in [-0.05, 0) is 40.3 Å². The van der Waals surface area contributed by atoms with Gasteiger partial charge in [0.15, 0.2) is 0 Å². The van der Waals surface area contributed by atoms with Crippen LogP contribution in [-0.4, -0.2) is 13.2 Å². The van der Waals surface area contributed by atoms with Gasteiger partial charge in [0.2, 0.25) is 0 Å². The van der Waals surface area contributed by atoms with Gasteiger partial charge in [0.1, 0.15) is 5.75 Å². The lowest BCUT2D eigenvalue weighted by Crippen LogP contribution is -2.17. The number of ether oxygens (including phenoxy) is 1. The summed E-state index contributed by atoms with van der Waals surface area (Å²) in [4.78, 5) is 0. The van der Waals surface area contributed by atoms with E-state index in [1.807, 2.05) is 7.05 Å². The molecule has 2 unspecified atom stereocenters. The Bertz CT molecular complexity index is 349. The number of benzene rings is 1. The molecular weight excluding hydrogens is 210 g/mol. The molecule has 17 heavy (non-hydrogen) atoms. The molecule has 0 bridgehead atoms. The van der Waals surface area contributed by atoms with Crippen molar-refractivity contribution >= 4 is 0 Å². The predicted molar refractivity (Wildman–Crippen MR) is 73.7 cm³/mol. The fourth-order valence-corrected chi connectivity index (χ4v) is 1.95. The molecule has 1 rings (SSSR count). The van der Waals surface area contributed by atoms with E-state index in [0.29, 0.717) is 6.04 Å². The Morgan fingerprint density at radius 1 is 1.29 bits per heavy atom. The summed E-state index contributed by atoms with van der Waals surface area (Å²) in [6.07, 6.45) is 2.54. The fourth-order valence-electron chi connectivity index (χ4n) is 1.95. The Morgan fingerprint density at radius 2 is 2.00 bits per heavy atom. The summed E-state index contributed by atoms with van der Waals surface area (Å²) in [6, 6.07) is 6.72. The van der Waals surface area contributed by atoms with E-state index in [-0.39, 0.29) is 6.10 Å². The van der Waals surface area contributed by atoms with Crippen LogP contribution in [0.15, 0.2) is 18.2 Å². The van der Waals surface area contributed by atoms with Gasteiger partial charge in [-0.3, -0.25) is 0 Å². The quantitative estimate of drug-likeness (QED) is 0.809. The van der Waals surface area contributed by atoms with E-state index in [2.05, 4.69) is 51.2 Å². The molecule has 0 saturated carbocycles. The number of nitrogens with one attached hydrogen (secondary N) is 1. The van der Waals surface area contributed by atoms with Crippen molar-refractivity contribution in [1.29, 1.82) is 0 Å². The van der Waals surface area contributed by atoms with Crippen molar-refractivity contribution in [3.8, 4) is 5.75 Å². The second-order valence-corrected chi connectivity index (χ2v) is 4.77. The van der Waals surface area contributed by atoms with E-state index < -0.39 is 0 Å². The lowest BCUT2D eigenvalue weighted by molar-refractivity contribution is 0.206.